The maximum Gasteiger partial charge on any atom is 0.127 e. The van der Waals surface area contributed by atoms with Crippen LogP contribution in [-0.2, 0) is 13.0 Å². The van der Waals surface area contributed by atoms with Gasteiger partial charge in [-0.2, -0.15) is 0 Å². The molecule has 1 atom stereocenters. The molecule has 0 aliphatic heterocycles. The quantitative estimate of drug-likeness (QED) is 0.624. The molecule has 3 aromatic rings. The van der Waals surface area contributed by atoms with Crippen LogP contribution in [0.15, 0.2) is 35.7 Å². The van der Waals surface area contributed by atoms with Crippen LogP contribution in [0.1, 0.15) is 28.6 Å². The number of rotatable bonds is 4. The molecule has 0 saturated heterocycles. The van der Waals surface area contributed by atoms with Gasteiger partial charge in [0.15, 0.2) is 0 Å². The Morgan fingerprint density at radius 3 is 2.90 bits per heavy atom. The summed E-state index contributed by atoms with van der Waals surface area (Å²) < 4.78 is 2.26. The van der Waals surface area contributed by atoms with Crippen LogP contribution in [0.2, 0.25) is 0 Å². The van der Waals surface area contributed by atoms with Crippen molar-refractivity contribution in [2.75, 3.05) is 0 Å². The minimum Gasteiger partial charge on any atom is -0.326 e. The predicted molar refractivity (Wildman–Crippen MR) is 86.8 cm³/mol. The summed E-state index contributed by atoms with van der Waals surface area (Å²) in [6.45, 7) is 5.02. The van der Waals surface area contributed by atoms with Gasteiger partial charge < -0.3 is 4.57 Å². The first-order valence-electron chi connectivity index (χ1n) is 6.78. The van der Waals surface area contributed by atoms with E-state index in [-0.39, 0.29) is 5.38 Å². The highest BCUT2D eigenvalue weighted by atomic mass is 35.5. The average Bonchev–Trinajstić information content (AvgIpc) is 3.03. The maximum atomic E-state index is 6.30. The zero-order valence-electron chi connectivity index (χ0n) is 11.6. The summed E-state index contributed by atoms with van der Waals surface area (Å²) in [6, 6.07) is 10.6. The molecule has 0 bridgehead atoms. The van der Waals surface area contributed by atoms with E-state index in [0.29, 0.717) is 0 Å². The van der Waals surface area contributed by atoms with Gasteiger partial charge in [-0.25, -0.2) is 4.98 Å². The van der Waals surface area contributed by atoms with E-state index in [0.717, 1.165) is 24.3 Å². The number of aromatic nitrogens is 2. The number of hydrogen-bond acceptors (Lipinski definition) is 2. The van der Waals surface area contributed by atoms with Crippen LogP contribution >= 0.6 is 22.9 Å². The first-order valence-corrected chi connectivity index (χ1v) is 8.10. The molecule has 4 heteroatoms. The summed E-state index contributed by atoms with van der Waals surface area (Å²) in [5.74, 6) is 0.962. The van der Waals surface area contributed by atoms with Crippen molar-refractivity contribution in [3.8, 4) is 0 Å². The van der Waals surface area contributed by atoms with Crippen molar-refractivity contribution in [3.05, 3.63) is 52.0 Å². The largest absolute Gasteiger partial charge is 0.326 e. The van der Waals surface area contributed by atoms with Crippen molar-refractivity contribution >= 4 is 34.0 Å². The molecule has 104 valence electrons. The standard InChI is InChI=1S/C16H17ClN2S/c1-11-5-6-14-15(10-11)19(16(18-14)12(2)17)8-7-13-4-3-9-20-13/h3-6,9-10,12H,7-8H2,1-2H3. The normalized spacial score (nSPS) is 12.9. The van der Waals surface area contributed by atoms with Crippen molar-refractivity contribution in [2.45, 2.75) is 32.2 Å². The molecular weight excluding hydrogens is 288 g/mol. The van der Waals surface area contributed by atoms with Gasteiger partial charge in [0.2, 0.25) is 0 Å². The number of nitrogens with zero attached hydrogens (tertiary/aromatic N) is 2. The lowest BCUT2D eigenvalue weighted by Crippen LogP contribution is -2.06. The Morgan fingerprint density at radius 1 is 1.35 bits per heavy atom. The van der Waals surface area contributed by atoms with E-state index in [2.05, 4.69) is 52.2 Å². The molecule has 0 aliphatic carbocycles. The van der Waals surface area contributed by atoms with Crippen LogP contribution in [0.4, 0.5) is 0 Å². The highest BCUT2D eigenvalue weighted by Gasteiger charge is 2.15. The fourth-order valence-corrected chi connectivity index (χ4v) is 3.33. The van der Waals surface area contributed by atoms with E-state index in [4.69, 9.17) is 11.6 Å². The number of imidazole rings is 1. The molecule has 0 spiro atoms. The number of fused-ring (bicyclic) bond motifs is 1. The highest BCUT2D eigenvalue weighted by molar-refractivity contribution is 7.09. The van der Waals surface area contributed by atoms with E-state index in [1.807, 2.05) is 6.92 Å². The number of aryl methyl sites for hydroxylation is 3. The lowest BCUT2D eigenvalue weighted by Gasteiger charge is -2.10. The summed E-state index contributed by atoms with van der Waals surface area (Å²) >= 11 is 8.10. The molecule has 0 N–H and O–H groups in total. The van der Waals surface area contributed by atoms with Crippen LogP contribution in [-0.4, -0.2) is 9.55 Å². The number of halogens is 1. The molecule has 1 aromatic carbocycles. The van der Waals surface area contributed by atoms with Crippen LogP contribution in [0.25, 0.3) is 11.0 Å². The zero-order valence-corrected chi connectivity index (χ0v) is 13.2. The topological polar surface area (TPSA) is 17.8 Å². The van der Waals surface area contributed by atoms with Gasteiger partial charge in [-0.05, 0) is 49.4 Å². The monoisotopic (exact) mass is 304 g/mol. The molecule has 1 unspecified atom stereocenters. The van der Waals surface area contributed by atoms with Gasteiger partial charge in [0, 0.05) is 11.4 Å². The molecule has 3 rings (SSSR count). The Hall–Kier alpha value is -1.32. The molecule has 20 heavy (non-hydrogen) atoms. The number of alkyl halides is 1. The van der Waals surface area contributed by atoms with Gasteiger partial charge >= 0.3 is 0 Å². The van der Waals surface area contributed by atoms with Gasteiger partial charge in [0.05, 0.1) is 16.4 Å². The van der Waals surface area contributed by atoms with Crippen LogP contribution < -0.4 is 0 Å². The van der Waals surface area contributed by atoms with Crippen molar-refractivity contribution in [2.24, 2.45) is 0 Å². The second-order valence-corrected chi connectivity index (χ2v) is 6.75. The second kappa shape index (κ2) is 5.58. The fraction of sp³-hybridized carbons (Fsp3) is 0.312. The Morgan fingerprint density at radius 2 is 2.20 bits per heavy atom. The minimum atomic E-state index is -0.0777. The molecule has 2 aromatic heterocycles. The van der Waals surface area contributed by atoms with E-state index in [1.165, 1.54) is 16.0 Å². The average molecular weight is 305 g/mol. The summed E-state index contributed by atoms with van der Waals surface area (Å²) in [7, 11) is 0. The molecule has 2 nitrogen and oxygen atoms in total. The SMILES string of the molecule is Cc1ccc2nc(C(C)Cl)n(CCc3cccs3)c2c1. The highest BCUT2D eigenvalue weighted by Crippen LogP contribution is 2.26. The Balaban J connectivity index is 2.01. The molecule has 0 fully saturated rings. The van der Waals surface area contributed by atoms with Gasteiger partial charge in [0.25, 0.3) is 0 Å². The first-order chi connectivity index (χ1) is 9.65. The van der Waals surface area contributed by atoms with E-state index < -0.39 is 0 Å². The molecule has 0 amide bonds. The van der Waals surface area contributed by atoms with Crippen molar-refractivity contribution in [1.82, 2.24) is 9.55 Å². The van der Waals surface area contributed by atoms with Crippen molar-refractivity contribution in [3.63, 3.8) is 0 Å². The first kappa shape index (κ1) is 13.7. The van der Waals surface area contributed by atoms with Gasteiger partial charge in [0.1, 0.15) is 5.82 Å². The van der Waals surface area contributed by atoms with Crippen LogP contribution in [0.5, 0.6) is 0 Å². The summed E-state index contributed by atoms with van der Waals surface area (Å²) in [6.07, 6.45) is 1.02. The van der Waals surface area contributed by atoms with E-state index >= 15 is 0 Å². The van der Waals surface area contributed by atoms with Crippen molar-refractivity contribution in [1.29, 1.82) is 0 Å². The molecular formula is C16H17ClN2S. The fourth-order valence-electron chi connectivity index (χ4n) is 2.47. The Kier molecular flexibility index (Phi) is 3.81. The smallest absolute Gasteiger partial charge is 0.127 e. The van der Waals surface area contributed by atoms with Gasteiger partial charge in [-0.3, -0.25) is 0 Å². The molecule has 0 radical (unpaired) electrons. The summed E-state index contributed by atoms with van der Waals surface area (Å²) in [4.78, 5) is 6.08. The predicted octanol–water partition coefficient (Wildman–Crippen LogP) is 4.95. The lowest BCUT2D eigenvalue weighted by molar-refractivity contribution is 0.672. The third kappa shape index (κ3) is 2.60. The van der Waals surface area contributed by atoms with E-state index in [9.17, 15) is 0 Å². The van der Waals surface area contributed by atoms with Gasteiger partial charge in [-0.15, -0.1) is 22.9 Å². The Labute approximate surface area is 128 Å². The third-order valence-electron chi connectivity index (χ3n) is 3.45. The second-order valence-electron chi connectivity index (χ2n) is 5.06. The Bertz CT molecular complexity index is 713. The number of hydrogen-bond donors (Lipinski definition) is 0. The third-order valence-corrected chi connectivity index (χ3v) is 4.58. The van der Waals surface area contributed by atoms with Gasteiger partial charge in [-0.1, -0.05) is 12.1 Å². The number of thiophene rings is 1. The summed E-state index contributed by atoms with van der Waals surface area (Å²) in [5.41, 5.74) is 3.47. The minimum absolute atomic E-state index is 0.0777. The molecule has 0 aliphatic rings. The van der Waals surface area contributed by atoms with Crippen LogP contribution in [0, 0.1) is 6.92 Å². The zero-order chi connectivity index (χ0) is 14.1. The molecule has 2 heterocycles. The molecule has 0 saturated carbocycles. The summed E-state index contributed by atoms with van der Waals surface area (Å²) in [5, 5.41) is 2.04. The number of benzene rings is 1. The van der Waals surface area contributed by atoms with Crippen LogP contribution in [0.3, 0.4) is 0 Å². The van der Waals surface area contributed by atoms with E-state index in [1.54, 1.807) is 11.3 Å². The lowest BCUT2D eigenvalue weighted by atomic mass is 10.2. The maximum absolute atomic E-state index is 6.30. The van der Waals surface area contributed by atoms with Crippen molar-refractivity contribution < 1.29 is 0 Å².